The summed E-state index contributed by atoms with van der Waals surface area (Å²) in [7, 11) is 0. The Labute approximate surface area is 140 Å². The molecule has 2 aromatic rings. The zero-order valence-electron chi connectivity index (χ0n) is 12.0. The highest BCUT2D eigenvalue weighted by molar-refractivity contribution is 7.99. The lowest BCUT2D eigenvalue weighted by Gasteiger charge is -2.14. The first-order valence-corrected chi connectivity index (χ1v) is 7.34. The average molecular weight is 385 g/mol. The number of amides is 1. The van der Waals surface area contributed by atoms with Crippen LogP contribution in [-0.2, 0) is 17.1 Å². The Hall–Kier alpha value is -2.44. The summed E-state index contributed by atoms with van der Waals surface area (Å²) in [4.78, 5) is 15.4. The van der Waals surface area contributed by atoms with Gasteiger partial charge in [-0.3, -0.25) is 4.79 Å². The summed E-state index contributed by atoms with van der Waals surface area (Å²) >= 11 is 0.798. The standard InChI is InChI=1S/C12H9F6N5OS/c13-11(14,15)5-1-6(12(16,17)18)3-7(2-5)20-8(24)4-25-10-21-9(19)22-23-10/h1-3H,4H2,(H,20,24)(H3,19,21,22,23). The maximum Gasteiger partial charge on any atom is 0.416 e. The second-order valence-corrected chi connectivity index (χ2v) is 5.58. The molecule has 0 aliphatic carbocycles. The number of thioether (sulfide) groups is 1. The number of alkyl halides is 6. The Morgan fingerprint density at radius 1 is 1.12 bits per heavy atom. The zero-order valence-corrected chi connectivity index (χ0v) is 12.8. The molecule has 0 bridgehead atoms. The van der Waals surface area contributed by atoms with Crippen LogP contribution in [0, 0.1) is 0 Å². The molecule has 1 aromatic heterocycles. The first-order valence-electron chi connectivity index (χ1n) is 6.35. The molecule has 2 rings (SSSR count). The third-order valence-electron chi connectivity index (χ3n) is 2.69. The molecule has 0 fully saturated rings. The number of aromatic nitrogens is 3. The number of H-pyrrole nitrogens is 1. The maximum absolute atomic E-state index is 12.7. The van der Waals surface area contributed by atoms with E-state index in [1.807, 2.05) is 5.32 Å². The van der Waals surface area contributed by atoms with Crippen LogP contribution >= 0.6 is 11.8 Å². The van der Waals surface area contributed by atoms with Gasteiger partial charge < -0.3 is 11.1 Å². The summed E-state index contributed by atoms with van der Waals surface area (Å²) in [5, 5.41) is 8.01. The molecule has 0 aliphatic heterocycles. The minimum absolute atomic E-state index is 0.00407. The van der Waals surface area contributed by atoms with E-state index in [2.05, 4.69) is 15.2 Å². The fourth-order valence-electron chi connectivity index (χ4n) is 1.68. The van der Waals surface area contributed by atoms with Crippen molar-refractivity contribution in [3.8, 4) is 0 Å². The van der Waals surface area contributed by atoms with Crippen LogP contribution in [0.25, 0.3) is 0 Å². The number of halogens is 6. The molecule has 25 heavy (non-hydrogen) atoms. The van der Waals surface area contributed by atoms with Gasteiger partial charge in [-0.2, -0.15) is 31.3 Å². The van der Waals surface area contributed by atoms with Crippen molar-refractivity contribution < 1.29 is 31.1 Å². The Kier molecular flexibility index (Phi) is 5.15. The summed E-state index contributed by atoms with van der Waals surface area (Å²) in [6, 6.07) is 0.812. The number of nitrogens with zero attached hydrogens (tertiary/aromatic N) is 2. The van der Waals surface area contributed by atoms with E-state index < -0.39 is 35.1 Å². The van der Waals surface area contributed by atoms with Gasteiger partial charge in [0.05, 0.1) is 16.9 Å². The molecule has 1 aromatic carbocycles. The molecule has 0 saturated heterocycles. The van der Waals surface area contributed by atoms with E-state index in [1.54, 1.807) is 0 Å². The largest absolute Gasteiger partial charge is 0.416 e. The van der Waals surface area contributed by atoms with E-state index in [-0.39, 0.29) is 22.9 Å². The molecule has 136 valence electrons. The summed E-state index contributed by atoms with van der Waals surface area (Å²) in [6.07, 6.45) is -9.99. The fourth-order valence-corrected chi connectivity index (χ4v) is 2.28. The molecule has 0 saturated carbocycles. The molecule has 0 aliphatic rings. The molecule has 13 heteroatoms. The first-order chi connectivity index (χ1) is 11.4. The molecule has 0 spiro atoms. The number of aromatic amines is 1. The van der Waals surface area contributed by atoms with E-state index in [0.717, 1.165) is 11.8 Å². The zero-order chi connectivity index (χ0) is 18.8. The highest BCUT2D eigenvalue weighted by Crippen LogP contribution is 2.37. The number of nitrogens with one attached hydrogen (secondary N) is 2. The van der Waals surface area contributed by atoms with E-state index in [9.17, 15) is 31.1 Å². The van der Waals surface area contributed by atoms with Gasteiger partial charge >= 0.3 is 12.4 Å². The Morgan fingerprint density at radius 2 is 1.68 bits per heavy atom. The normalized spacial score (nSPS) is 12.2. The van der Waals surface area contributed by atoms with Crippen molar-refractivity contribution in [3.63, 3.8) is 0 Å². The molecule has 1 amide bonds. The average Bonchev–Trinajstić information content (AvgIpc) is 2.89. The number of hydrogen-bond acceptors (Lipinski definition) is 5. The predicted molar refractivity (Wildman–Crippen MR) is 76.6 cm³/mol. The van der Waals surface area contributed by atoms with E-state index in [1.165, 1.54) is 0 Å². The lowest BCUT2D eigenvalue weighted by atomic mass is 10.1. The van der Waals surface area contributed by atoms with Gasteiger partial charge in [0.1, 0.15) is 0 Å². The van der Waals surface area contributed by atoms with Gasteiger partial charge in [0.2, 0.25) is 17.0 Å². The van der Waals surface area contributed by atoms with Crippen LogP contribution < -0.4 is 11.1 Å². The molecular weight excluding hydrogens is 376 g/mol. The van der Waals surface area contributed by atoms with Gasteiger partial charge in [-0.1, -0.05) is 11.8 Å². The second-order valence-electron chi connectivity index (χ2n) is 4.63. The van der Waals surface area contributed by atoms with Crippen molar-refractivity contribution in [2.24, 2.45) is 0 Å². The van der Waals surface area contributed by atoms with Crippen molar-refractivity contribution in [1.29, 1.82) is 0 Å². The lowest BCUT2D eigenvalue weighted by molar-refractivity contribution is -0.143. The fraction of sp³-hybridized carbons (Fsp3) is 0.250. The van der Waals surface area contributed by atoms with Gasteiger partial charge in [-0.15, -0.1) is 5.10 Å². The molecule has 4 N–H and O–H groups in total. The molecule has 0 unspecified atom stereocenters. The maximum atomic E-state index is 12.7. The van der Waals surface area contributed by atoms with Crippen LogP contribution in [0.5, 0.6) is 0 Å². The van der Waals surface area contributed by atoms with Crippen LogP contribution in [-0.4, -0.2) is 26.8 Å². The number of carbonyl (C=O) groups excluding carboxylic acids is 1. The number of benzene rings is 1. The Morgan fingerprint density at radius 3 is 2.12 bits per heavy atom. The smallest absolute Gasteiger partial charge is 0.368 e. The number of nitrogen functional groups attached to an aromatic ring is 1. The van der Waals surface area contributed by atoms with E-state index in [0.29, 0.717) is 12.1 Å². The van der Waals surface area contributed by atoms with E-state index in [4.69, 9.17) is 5.73 Å². The van der Waals surface area contributed by atoms with Crippen molar-refractivity contribution in [2.45, 2.75) is 17.5 Å². The lowest BCUT2D eigenvalue weighted by Crippen LogP contribution is -2.17. The monoisotopic (exact) mass is 385 g/mol. The van der Waals surface area contributed by atoms with Crippen LogP contribution in [0.3, 0.4) is 0 Å². The SMILES string of the molecule is Nc1nc(SCC(=O)Nc2cc(C(F)(F)F)cc(C(F)(F)F)c2)n[nH]1. The topological polar surface area (TPSA) is 96.7 Å². The Bertz CT molecular complexity index is 740. The highest BCUT2D eigenvalue weighted by atomic mass is 32.2. The van der Waals surface area contributed by atoms with Crippen molar-refractivity contribution >= 4 is 29.3 Å². The molecule has 1 heterocycles. The number of anilines is 2. The van der Waals surface area contributed by atoms with Gasteiger partial charge in [0.15, 0.2) is 0 Å². The molecule has 0 atom stereocenters. The predicted octanol–water partition coefficient (Wildman–Crippen LogP) is 3.16. The van der Waals surface area contributed by atoms with Crippen molar-refractivity contribution in [1.82, 2.24) is 15.2 Å². The quantitative estimate of drug-likeness (QED) is 0.555. The van der Waals surface area contributed by atoms with Crippen LogP contribution in [0.4, 0.5) is 38.0 Å². The molecule has 6 nitrogen and oxygen atoms in total. The number of hydrogen-bond donors (Lipinski definition) is 3. The number of carbonyl (C=O) groups is 1. The van der Waals surface area contributed by atoms with Crippen LogP contribution in [0.1, 0.15) is 11.1 Å². The summed E-state index contributed by atoms with van der Waals surface area (Å²) in [5.41, 5.74) is 1.60. The first kappa shape index (κ1) is 18.9. The molecule has 0 radical (unpaired) electrons. The minimum atomic E-state index is -4.99. The number of rotatable bonds is 4. The molecular formula is C12H9F6N5OS. The Balaban J connectivity index is 2.15. The van der Waals surface area contributed by atoms with Gasteiger partial charge in [0.25, 0.3) is 0 Å². The summed E-state index contributed by atoms with van der Waals surface area (Å²) in [6.45, 7) is 0. The summed E-state index contributed by atoms with van der Waals surface area (Å²) < 4.78 is 76.4. The summed E-state index contributed by atoms with van der Waals surface area (Å²) in [5.74, 6) is -1.18. The van der Waals surface area contributed by atoms with Crippen LogP contribution in [0.2, 0.25) is 0 Å². The van der Waals surface area contributed by atoms with Crippen LogP contribution in [0.15, 0.2) is 23.4 Å². The van der Waals surface area contributed by atoms with Crippen molar-refractivity contribution in [3.05, 3.63) is 29.3 Å². The van der Waals surface area contributed by atoms with Crippen molar-refractivity contribution in [2.75, 3.05) is 16.8 Å². The number of nitrogens with two attached hydrogens (primary N) is 1. The van der Waals surface area contributed by atoms with Gasteiger partial charge in [-0.25, -0.2) is 5.10 Å². The second kappa shape index (κ2) is 6.82. The highest BCUT2D eigenvalue weighted by Gasteiger charge is 2.37. The van der Waals surface area contributed by atoms with Gasteiger partial charge in [0, 0.05) is 5.69 Å². The third kappa shape index (κ3) is 5.27. The van der Waals surface area contributed by atoms with E-state index >= 15 is 0 Å². The minimum Gasteiger partial charge on any atom is -0.368 e. The van der Waals surface area contributed by atoms with Gasteiger partial charge in [-0.05, 0) is 18.2 Å². The third-order valence-corrected chi connectivity index (χ3v) is 3.53.